The normalized spacial score (nSPS) is 18.9. The van der Waals surface area contributed by atoms with Gasteiger partial charge in [-0.05, 0) is 37.1 Å². The summed E-state index contributed by atoms with van der Waals surface area (Å²) >= 11 is 5.76. The van der Waals surface area contributed by atoms with Crippen molar-refractivity contribution in [1.29, 1.82) is 0 Å². The van der Waals surface area contributed by atoms with Crippen molar-refractivity contribution in [3.05, 3.63) is 34.9 Å². The maximum atomic E-state index is 12.0. The molecule has 0 saturated carbocycles. The van der Waals surface area contributed by atoms with Crippen molar-refractivity contribution in [1.82, 2.24) is 4.90 Å². The number of ketones is 1. The van der Waals surface area contributed by atoms with Crippen molar-refractivity contribution >= 4 is 23.3 Å². The number of nitrogens with zero attached hydrogens (tertiary/aromatic N) is 1. The Bertz CT molecular complexity index is 486. The largest absolute Gasteiger partial charge is 0.391 e. The van der Waals surface area contributed by atoms with E-state index >= 15 is 0 Å². The van der Waals surface area contributed by atoms with Gasteiger partial charge >= 0.3 is 0 Å². The Morgan fingerprint density at radius 1 is 1.25 bits per heavy atom. The third-order valence-corrected chi connectivity index (χ3v) is 3.73. The Labute approximate surface area is 123 Å². The molecule has 0 radical (unpaired) electrons. The van der Waals surface area contributed by atoms with Crippen molar-refractivity contribution in [3.8, 4) is 0 Å². The second-order valence-corrected chi connectivity index (χ2v) is 5.50. The van der Waals surface area contributed by atoms with Gasteiger partial charge in [0.2, 0.25) is 5.91 Å². The molecule has 0 aliphatic carbocycles. The second-order valence-electron chi connectivity index (χ2n) is 5.07. The van der Waals surface area contributed by atoms with Gasteiger partial charge in [0.25, 0.3) is 0 Å². The van der Waals surface area contributed by atoms with Crippen LogP contribution < -0.4 is 0 Å². The molecule has 108 valence electrons. The zero-order chi connectivity index (χ0) is 14.5. The van der Waals surface area contributed by atoms with Gasteiger partial charge in [-0.15, -0.1) is 0 Å². The second kappa shape index (κ2) is 6.86. The van der Waals surface area contributed by atoms with E-state index in [1.54, 1.807) is 29.2 Å². The topological polar surface area (TPSA) is 57.6 Å². The zero-order valence-corrected chi connectivity index (χ0v) is 12.0. The molecule has 4 nitrogen and oxygen atoms in total. The molecular weight excluding hydrogens is 278 g/mol. The highest BCUT2D eigenvalue weighted by atomic mass is 35.5. The SMILES string of the molecule is O=C(CCC(=O)N1CCCC(O)C1)c1ccc(Cl)cc1. The van der Waals surface area contributed by atoms with Crippen LogP contribution in [-0.4, -0.2) is 40.9 Å². The number of β-amino-alcohol motifs (C(OH)–C–C–N with tert-alkyl or cyclic N) is 1. The molecule has 5 heteroatoms. The molecule has 1 fully saturated rings. The lowest BCUT2D eigenvalue weighted by Crippen LogP contribution is -2.42. The molecule has 1 aromatic carbocycles. The number of rotatable bonds is 4. The molecule has 1 atom stereocenters. The van der Waals surface area contributed by atoms with E-state index in [0.29, 0.717) is 23.7 Å². The van der Waals surface area contributed by atoms with Crippen LogP contribution in [0.5, 0.6) is 0 Å². The van der Waals surface area contributed by atoms with Crippen LogP contribution in [0.3, 0.4) is 0 Å². The van der Waals surface area contributed by atoms with Gasteiger partial charge in [-0.25, -0.2) is 0 Å². The minimum absolute atomic E-state index is 0.0624. The minimum Gasteiger partial charge on any atom is -0.391 e. The smallest absolute Gasteiger partial charge is 0.223 e. The number of hydrogen-bond donors (Lipinski definition) is 1. The van der Waals surface area contributed by atoms with E-state index in [0.717, 1.165) is 12.8 Å². The van der Waals surface area contributed by atoms with Crippen molar-refractivity contribution in [3.63, 3.8) is 0 Å². The first-order chi connectivity index (χ1) is 9.56. The van der Waals surface area contributed by atoms with Crippen molar-refractivity contribution in [2.75, 3.05) is 13.1 Å². The van der Waals surface area contributed by atoms with Crippen LogP contribution in [-0.2, 0) is 4.79 Å². The summed E-state index contributed by atoms with van der Waals surface area (Å²) in [5.74, 6) is -0.126. The molecule has 1 aromatic rings. The van der Waals surface area contributed by atoms with Gasteiger partial charge in [-0.3, -0.25) is 9.59 Å². The van der Waals surface area contributed by atoms with Crippen molar-refractivity contribution in [2.45, 2.75) is 31.8 Å². The van der Waals surface area contributed by atoms with E-state index in [1.165, 1.54) is 0 Å². The fourth-order valence-corrected chi connectivity index (χ4v) is 2.47. The average Bonchev–Trinajstić information content (AvgIpc) is 2.45. The lowest BCUT2D eigenvalue weighted by atomic mass is 10.0. The summed E-state index contributed by atoms with van der Waals surface area (Å²) in [7, 11) is 0. The van der Waals surface area contributed by atoms with Crippen LogP contribution in [0.4, 0.5) is 0 Å². The maximum Gasteiger partial charge on any atom is 0.223 e. The summed E-state index contributed by atoms with van der Waals surface area (Å²) < 4.78 is 0. The number of carbonyl (C=O) groups excluding carboxylic acids is 2. The number of aliphatic hydroxyl groups excluding tert-OH is 1. The number of likely N-dealkylation sites (tertiary alicyclic amines) is 1. The fourth-order valence-electron chi connectivity index (χ4n) is 2.34. The molecule has 20 heavy (non-hydrogen) atoms. The van der Waals surface area contributed by atoms with Gasteiger partial charge in [-0.1, -0.05) is 11.6 Å². The van der Waals surface area contributed by atoms with Crippen LogP contribution in [0, 0.1) is 0 Å². The molecule has 1 aliphatic rings. The molecular formula is C15H18ClNO3. The highest BCUT2D eigenvalue weighted by Gasteiger charge is 2.22. The van der Waals surface area contributed by atoms with Crippen molar-refractivity contribution < 1.29 is 14.7 Å². The molecule has 0 bridgehead atoms. The monoisotopic (exact) mass is 295 g/mol. The number of hydrogen-bond acceptors (Lipinski definition) is 3. The lowest BCUT2D eigenvalue weighted by Gasteiger charge is -2.30. The molecule has 0 spiro atoms. The number of aliphatic hydroxyl groups is 1. The zero-order valence-electron chi connectivity index (χ0n) is 11.2. The van der Waals surface area contributed by atoms with Gasteiger partial charge in [0.1, 0.15) is 0 Å². The fraction of sp³-hybridized carbons (Fsp3) is 0.467. The van der Waals surface area contributed by atoms with E-state index < -0.39 is 6.10 Å². The number of Topliss-reactive ketones (excluding diaryl/α,β-unsaturated/α-hetero) is 1. The van der Waals surface area contributed by atoms with Gasteiger partial charge in [0.15, 0.2) is 5.78 Å². The number of amides is 1. The van der Waals surface area contributed by atoms with E-state index in [9.17, 15) is 14.7 Å². The number of halogens is 1. The van der Waals surface area contributed by atoms with Crippen molar-refractivity contribution in [2.24, 2.45) is 0 Å². The number of carbonyl (C=O) groups is 2. The van der Waals surface area contributed by atoms with Crippen LogP contribution in [0.2, 0.25) is 5.02 Å². The average molecular weight is 296 g/mol. The number of benzene rings is 1. The van der Waals surface area contributed by atoms with Gasteiger partial charge < -0.3 is 10.0 Å². The van der Waals surface area contributed by atoms with Crippen LogP contribution in [0.15, 0.2) is 24.3 Å². The predicted octanol–water partition coefficient (Wildman–Crippen LogP) is 2.29. The predicted molar refractivity (Wildman–Crippen MR) is 76.8 cm³/mol. The molecule has 1 amide bonds. The highest BCUT2D eigenvalue weighted by molar-refractivity contribution is 6.30. The minimum atomic E-state index is -0.431. The van der Waals surface area contributed by atoms with E-state index in [1.807, 2.05) is 0 Å². The first-order valence-electron chi connectivity index (χ1n) is 6.81. The molecule has 1 saturated heterocycles. The quantitative estimate of drug-likeness (QED) is 0.867. The number of piperidine rings is 1. The van der Waals surface area contributed by atoms with Gasteiger partial charge in [0.05, 0.1) is 6.10 Å². The first kappa shape index (κ1) is 15.0. The molecule has 1 N–H and O–H groups in total. The summed E-state index contributed by atoms with van der Waals surface area (Å²) in [6.07, 6.45) is 1.51. The summed E-state index contributed by atoms with van der Waals surface area (Å²) in [6.45, 7) is 1.05. The molecule has 2 rings (SSSR count). The molecule has 1 heterocycles. The Morgan fingerprint density at radius 3 is 2.60 bits per heavy atom. The highest BCUT2D eigenvalue weighted by Crippen LogP contribution is 2.14. The van der Waals surface area contributed by atoms with Crippen LogP contribution in [0.1, 0.15) is 36.0 Å². The van der Waals surface area contributed by atoms with Gasteiger partial charge in [0, 0.05) is 36.5 Å². The summed E-state index contributed by atoms with van der Waals surface area (Å²) in [5, 5.41) is 10.1. The summed E-state index contributed by atoms with van der Waals surface area (Å²) in [4.78, 5) is 25.6. The Morgan fingerprint density at radius 2 is 1.95 bits per heavy atom. The first-order valence-corrected chi connectivity index (χ1v) is 7.18. The molecule has 1 aliphatic heterocycles. The Balaban J connectivity index is 1.83. The lowest BCUT2D eigenvalue weighted by molar-refractivity contribution is -0.134. The van der Waals surface area contributed by atoms with Crippen LogP contribution >= 0.6 is 11.6 Å². The van der Waals surface area contributed by atoms with Crippen LogP contribution in [0.25, 0.3) is 0 Å². The molecule has 0 aromatic heterocycles. The summed E-state index contributed by atoms with van der Waals surface area (Å²) in [6, 6.07) is 6.66. The summed E-state index contributed by atoms with van der Waals surface area (Å²) in [5.41, 5.74) is 0.570. The Kier molecular flexibility index (Phi) is 5.15. The maximum absolute atomic E-state index is 12.0. The van der Waals surface area contributed by atoms with E-state index in [4.69, 9.17) is 11.6 Å². The van der Waals surface area contributed by atoms with Gasteiger partial charge in [-0.2, -0.15) is 0 Å². The Hall–Kier alpha value is -1.39. The van der Waals surface area contributed by atoms with E-state index in [-0.39, 0.29) is 24.5 Å². The molecule has 1 unspecified atom stereocenters. The van der Waals surface area contributed by atoms with E-state index in [2.05, 4.69) is 0 Å². The third-order valence-electron chi connectivity index (χ3n) is 3.48. The standard InChI is InChI=1S/C15H18ClNO3/c16-12-5-3-11(4-6-12)14(19)7-8-15(20)17-9-1-2-13(18)10-17/h3-6,13,18H,1-2,7-10H2. The third kappa shape index (κ3) is 4.05.